The molecule has 1 fully saturated rings. The highest BCUT2D eigenvalue weighted by molar-refractivity contribution is 5.29. The van der Waals surface area contributed by atoms with Gasteiger partial charge < -0.3 is 14.6 Å². The Hall–Kier alpha value is -0.800. The summed E-state index contributed by atoms with van der Waals surface area (Å²) < 4.78 is 8.49. The second kappa shape index (κ2) is 5.53. The first kappa shape index (κ1) is 14.2. The molecule has 0 spiro atoms. The third-order valence-corrected chi connectivity index (χ3v) is 4.88. The van der Waals surface area contributed by atoms with Crippen molar-refractivity contribution in [1.82, 2.24) is 9.88 Å². The van der Waals surface area contributed by atoms with Gasteiger partial charge in [0, 0.05) is 25.0 Å². The van der Waals surface area contributed by atoms with Gasteiger partial charge in [0.15, 0.2) is 0 Å². The van der Waals surface area contributed by atoms with Crippen LogP contribution < -0.4 is 5.32 Å². The first-order chi connectivity index (χ1) is 9.57. The molecule has 112 valence electrons. The highest BCUT2D eigenvalue weighted by Gasteiger charge is 2.32. The molecule has 3 rings (SSSR count). The van der Waals surface area contributed by atoms with Crippen LogP contribution in [-0.4, -0.2) is 23.3 Å². The average molecular weight is 276 g/mol. The molecular weight excluding hydrogens is 248 g/mol. The van der Waals surface area contributed by atoms with Gasteiger partial charge in [0.1, 0.15) is 0 Å². The Labute approximate surface area is 122 Å². The fraction of sp³-hybridized carbons (Fsp3) is 0.765. The lowest BCUT2D eigenvalue weighted by Gasteiger charge is -2.19. The molecule has 0 saturated carbocycles. The smallest absolute Gasteiger partial charge is 0.0762 e. The summed E-state index contributed by atoms with van der Waals surface area (Å²) in [4.78, 5) is 0. The zero-order chi connectivity index (χ0) is 14.2. The van der Waals surface area contributed by atoms with E-state index < -0.39 is 0 Å². The zero-order valence-corrected chi connectivity index (χ0v) is 13.1. The Bertz CT molecular complexity index is 464. The van der Waals surface area contributed by atoms with Crippen LogP contribution in [-0.2, 0) is 17.7 Å². The lowest BCUT2D eigenvalue weighted by Crippen LogP contribution is -2.22. The average Bonchev–Trinajstić information content (AvgIpc) is 2.88. The first-order valence-corrected chi connectivity index (χ1v) is 8.11. The molecule has 0 radical (unpaired) electrons. The van der Waals surface area contributed by atoms with Crippen LogP contribution in [0.5, 0.6) is 0 Å². The van der Waals surface area contributed by atoms with Gasteiger partial charge in [0.2, 0.25) is 0 Å². The van der Waals surface area contributed by atoms with Crippen molar-refractivity contribution >= 4 is 0 Å². The maximum atomic E-state index is 6.13. The summed E-state index contributed by atoms with van der Waals surface area (Å²) in [6.45, 7) is 5.41. The summed E-state index contributed by atoms with van der Waals surface area (Å²) in [6, 6.07) is 0.537. The minimum Gasteiger partial charge on any atom is -0.370 e. The SMILES string of the molecule is CNC1CCCCc2cn(CC3CCC(C)(C)O3)cc21. The Balaban J connectivity index is 1.73. The van der Waals surface area contributed by atoms with Crippen molar-refractivity contribution in [3.8, 4) is 0 Å². The highest BCUT2D eigenvalue weighted by Crippen LogP contribution is 2.32. The van der Waals surface area contributed by atoms with E-state index in [9.17, 15) is 0 Å². The van der Waals surface area contributed by atoms with Crippen molar-refractivity contribution in [3.63, 3.8) is 0 Å². The second-order valence-corrected chi connectivity index (χ2v) is 7.06. The molecule has 2 heterocycles. The van der Waals surface area contributed by atoms with Crippen molar-refractivity contribution in [3.05, 3.63) is 23.5 Å². The van der Waals surface area contributed by atoms with Crippen molar-refractivity contribution in [2.45, 2.75) is 76.7 Å². The monoisotopic (exact) mass is 276 g/mol. The third kappa shape index (κ3) is 2.94. The second-order valence-electron chi connectivity index (χ2n) is 7.06. The molecule has 1 aromatic rings. The van der Waals surface area contributed by atoms with Gasteiger partial charge in [-0.2, -0.15) is 0 Å². The topological polar surface area (TPSA) is 26.2 Å². The maximum absolute atomic E-state index is 6.13. The summed E-state index contributed by atoms with van der Waals surface area (Å²) in [6.07, 6.45) is 12.6. The van der Waals surface area contributed by atoms with Gasteiger partial charge in [-0.1, -0.05) is 6.42 Å². The van der Waals surface area contributed by atoms with E-state index in [0.29, 0.717) is 12.1 Å². The van der Waals surface area contributed by atoms with E-state index >= 15 is 0 Å². The van der Waals surface area contributed by atoms with Crippen molar-refractivity contribution in [2.75, 3.05) is 7.05 Å². The summed E-state index contributed by atoms with van der Waals surface area (Å²) in [5, 5.41) is 3.48. The predicted molar refractivity (Wildman–Crippen MR) is 82.0 cm³/mol. The lowest BCUT2D eigenvalue weighted by atomic mass is 10.1. The molecule has 2 aliphatic rings. The number of aryl methyl sites for hydroxylation is 1. The van der Waals surface area contributed by atoms with E-state index in [2.05, 4.69) is 43.2 Å². The van der Waals surface area contributed by atoms with Gasteiger partial charge in [0.25, 0.3) is 0 Å². The Morgan fingerprint density at radius 3 is 2.85 bits per heavy atom. The van der Waals surface area contributed by atoms with Crippen LogP contribution in [0.2, 0.25) is 0 Å². The molecule has 3 nitrogen and oxygen atoms in total. The minimum atomic E-state index is 0.0719. The van der Waals surface area contributed by atoms with E-state index in [1.54, 1.807) is 5.56 Å². The van der Waals surface area contributed by atoms with Gasteiger partial charge in [0.05, 0.1) is 11.7 Å². The quantitative estimate of drug-likeness (QED) is 0.856. The van der Waals surface area contributed by atoms with Crippen molar-refractivity contribution < 1.29 is 4.74 Å². The maximum Gasteiger partial charge on any atom is 0.0762 e. The van der Waals surface area contributed by atoms with Gasteiger partial charge in [-0.3, -0.25) is 0 Å². The van der Waals surface area contributed by atoms with Gasteiger partial charge in [-0.25, -0.2) is 0 Å². The number of nitrogens with one attached hydrogen (secondary N) is 1. The van der Waals surface area contributed by atoms with Crippen LogP contribution in [0.1, 0.15) is 63.1 Å². The van der Waals surface area contributed by atoms with Crippen LogP contribution in [0.25, 0.3) is 0 Å². The predicted octanol–water partition coefficient (Wildman–Crippen LogP) is 3.43. The van der Waals surface area contributed by atoms with Crippen LogP contribution in [0.4, 0.5) is 0 Å². The molecular formula is C17H28N2O. The summed E-state index contributed by atoms with van der Waals surface area (Å²) in [7, 11) is 2.08. The van der Waals surface area contributed by atoms with Crippen LogP contribution in [0, 0.1) is 0 Å². The van der Waals surface area contributed by atoms with E-state index in [4.69, 9.17) is 4.74 Å². The minimum absolute atomic E-state index is 0.0719. The van der Waals surface area contributed by atoms with Crippen molar-refractivity contribution in [2.24, 2.45) is 0 Å². The van der Waals surface area contributed by atoms with Gasteiger partial charge in [-0.05, 0) is 64.1 Å². The lowest BCUT2D eigenvalue weighted by molar-refractivity contribution is -0.0216. The molecule has 1 saturated heterocycles. The molecule has 0 amide bonds. The van der Waals surface area contributed by atoms with E-state index in [1.165, 1.54) is 44.1 Å². The zero-order valence-electron chi connectivity index (χ0n) is 13.1. The third-order valence-electron chi connectivity index (χ3n) is 4.88. The summed E-state index contributed by atoms with van der Waals surface area (Å²) >= 11 is 0. The first-order valence-electron chi connectivity index (χ1n) is 8.11. The summed E-state index contributed by atoms with van der Waals surface area (Å²) in [5.41, 5.74) is 3.13. The molecule has 2 unspecified atom stereocenters. The van der Waals surface area contributed by atoms with Crippen LogP contribution in [0.15, 0.2) is 12.4 Å². The Kier molecular flexibility index (Phi) is 3.91. The molecule has 0 aromatic carbocycles. The van der Waals surface area contributed by atoms with E-state index in [-0.39, 0.29) is 5.60 Å². The standard InChI is InChI=1S/C17H28N2O/c1-17(2)9-8-14(20-17)11-19-10-13-6-4-5-7-16(18-3)15(13)12-19/h10,12,14,16,18H,4-9,11H2,1-3H3. The highest BCUT2D eigenvalue weighted by atomic mass is 16.5. The Morgan fingerprint density at radius 1 is 1.30 bits per heavy atom. The fourth-order valence-electron chi connectivity index (χ4n) is 3.76. The van der Waals surface area contributed by atoms with Gasteiger partial charge >= 0.3 is 0 Å². The molecule has 0 bridgehead atoms. The molecule has 1 aromatic heterocycles. The van der Waals surface area contributed by atoms with E-state index in [1.807, 2.05) is 0 Å². The molecule has 1 N–H and O–H groups in total. The number of hydrogen-bond donors (Lipinski definition) is 1. The molecule has 3 heteroatoms. The Morgan fingerprint density at radius 2 is 2.15 bits per heavy atom. The number of hydrogen-bond acceptors (Lipinski definition) is 2. The number of nitrogens with zero attached hydrogens (tertiary/aromatic N) is 1. The van der Waals surface area contributed by atoms with Crippen LogP contribution in [0.3, 0.4) is 0 Å². The van der Waals surface area contributed by atoms with E-state index in [0.717, 1.165) is 6.54 Å². The van der Waals surface area contributed by atoms with Crippen LogP contribution >= 0.6 is 0 Å². The number of ether oxygens (including phenoxy) is 1. The molecule has 2 atom stereocenters. The fourth-order valence-corrected chi connectivity index (χ4v) is 3.76. The number of fused-ring (bicyclic) bond motifs is 1. The number of rotatable bonds is 3. The molecule has 1 aliphatic heterocycles. The molecule has 1 aliphatic carbocycles. The normalized spacial score (nSPS) is 29.1. The number of aromatic nitrogens is 1. The van der Waals surface area contributed by atoms with Gasteiger partial charge in [-0.15, -0.1) is 0 Å². The molecule has 20 heavy (non-hydrogen) atoms. The summed E-state index contributed by atoms with van der Waals surface area (Å²) in [5.74, 6) is 0. The van der Waals surface area contributed by atoms with Crippen molar-refractivity contribution in [1.29, 1.82) is 0 Å². The largest absolute Gasteiger partial charge is 0.370 e.